The van der Waals surface area contributed by atoms with Crippen molar-refractivity contribution >= 4 is 5.91 Å². The van der Waals surface area contributed by atoms with E-state index in [9.17, 15) is 9.18 Å². The van der Waals surface area contributed by atoms with E-state index in [4.69, 9.17) is 4.74 Å². The van der Waals surface area contributed by atoms with E-state index >= 15 is 0 Å². The third-order valence-corrected chi connectivity index (χ3v) is 5.79. The molecule has 31 heavy (non-hydrogen) atoms. The van der Waals surface area contributed by atoms with Crippen molar-refractivity contribution in [3.05, 3.63) is 78.0 Å². The van der Waals surface area contributed by atoms with E-state index in [1.54, 1.807) is 31.6 Å². The Morgan fingerprint density at radius 2 is 1.84 bits per heavy atom. The Bertz CT molecular complexity index is 1020. The summed E-state index contributed by atoms with van der Waals surface area (Å²) in [4.78, 5) is 23.9. The average Bonchev–Trinajstić information content (AvgIpc) is 2.83. The summed E-state index contributed by atoms with van der Waals surface area (Å²) in [7, 11) is 1.64. The number of hydrogen-bond acceptors (Lipinski definition) is 4. The van der Waals surface area contributed by atoms with E-state index in [0.717, 1.165) is 47.7 Å². The lowest BCUT2D eigenvalue weighted by Gasteiger charge is -2.33. The Morgan fingerprint density at radius 3 is 2.58 bits per heavy atom. The topological polar surface area (TPSA) is 55.3 Å². The van der Waals surface area contributed by atoms with Gasteiger partial charge in [0, 0.05) is 43.4 Å². The minimum atomic E-state index is -0.277. The Kier molecular flexibility index (Phi) is 6.55. The van der Waals surface area contributed by atoms with Crippen molar-refractivity contribution in [2.45, 2.75) is 31.6 Å². The van der Waals surface area contributed by atoms with Crippen LogP contribution in [0.5, 0.6) is 5.75 Å². The van der Waals surface area contributed by atoms with Crippen LogP contribution in [0.1, 0.15) is 36.4 Å². The molecule has 1 fully saturated rings. The third kappa shape index (κ3) is 5.08. The Morgan fingerprint density at radius 1 is 1.10 bits per heavy atom. The predicted octanol–water partition coefficient (Wildman–Crippen LogP) is 4.63. The molecule has 6 heteroatoms. The van der Waals surface area contributed by atoms with Gasteiger partial charge in [0.25, 0.3) is 0 Å². The summed E-state index contributed by atoms with van der Waals surface area (Å²) in [5.74, 6) is 0.815. The van der Waals surface area contributed by atoms with Crippen molar-refractivity contribution in [3.63, 3.8) is 0 Å². The highest BCUT2D eigenvalue weighted by molar-refractivity contribution is 5.76. The Balaban J connectivity index is 1.43. The fraction of sp³-hybridized carbons (Fsp3) is 0.320. The number of nitrogens with zero attached hydrogens (tertiary/aromatic N) is 3. The van der Waals surface area contributed by atoms with Crippen molar-refractivity contribution in [3.8, 4) is 17.0 Å². The molecule has 1 aliphatic rings. The summed E-state index contributed by atoms with van der Waals surface area (Å²) in [6.07, 6.45) is 6.41. The van der Waals surface area contributed by atoms with Crippen LogP contribution in [0.2, 0.25) is 0 Å². The average molecular weight is 420 g/mol. The van der Waals surface area contributed by atoms with E-state index in [1.807, 2.05) is 29.2 Å². The summed E-state index contributed by atoms with van der Waals surface area (Å²) >= 11 is 0. The molecule has 1 unspecified atom stereocenters. The Hall–Kier alpha value is -3.28. The second kappa shape index (κ2) is 9.69. The highest BCUT2D eigenvalue weighted by Gasteiger charge is 2.27. The molecule has 2 heterocycles. The maximum atomic E-state index is 13.3. The smallest absolute Gasteiger partial charge is 0.222 e. The second-order valence-electron chi connectivity index (χ2n) is 7.82. The van der Waals surface area contributed by atoms with Gasteiger partial charge in [-0.05, 0) is 61.2 Å². The van der Waals surface area contributed by atoms with Gasteiger partial charge in [-0.3, -0.25) is 14.8 Å². The van der Waals surface area contributed by atoms with Crippen molar-refractivity contribution in [1.29, 1.82) is 0 Å². The summed E-state index contributed by atoms with van der Waals surface area (Å²) in [5.41, 5.74) is 3.60. The van der Waals surface area contributed by atoms with Crippen molar-refractivity contribution < 1.29 is 13.9 Å². The van der Waals surface area contributed by atoms with Gasteiger partial charge in [-0.25, -0.2) is 4.39 Å². The van der Waals surface area contributed by atoms with Gasteiger partial charge in [0.05, 0.1) is 18.5 Å². The molecule has 0 bridgehead atoms. The SMILES string of the molecule is COc1ccc(CCC(=O)N2CCCC(c3nccnc3-c3ccc(F)cc3)C2)cc1. The number of rotatable bonds is 6. The second-order valence-corrected chi connectivity index (χ2v) is 7.82. The van der Waals surface area contributed by atoms with E-state index < -0.39 is 0 Å². The monoisotopic (exact) mass is 419 g/mol. The van der Waals surface area contributed by atoms with E-state index in [2.05, 4.69) is 9.97 Å². The number of carbonyl (C=O) groups excluding carboxylic acids is 1. The molecule has 0 N–H and O–H groups in total. The first-order valence-electron chi connectivity index (χ1n) is 10.6. The third-order valence-electron chi connectivity index (χ3n) is 5.79. The Labute approximate surface area is 181 Å². The molecule has 1 atom stereocenters. The maximum Gasteiger partial charge on any atom is 0.222 e. The molecule has 160 valence electrons. The van der Waals surface area contributed by atoms with E-state index in [0.29, 0.717) is 19.4 Å². The largest absolute Gasteiger partial charge is 0.497 e. The van der Waals surface area contributed by atoms with Crippen molar-refractivity contribution in [2.24, 2.45) is 0 Å². The fourth-order valence-electron chi connectivity index (χ4n) is 4.11. The van der Waals surface area contributed by atoms with E-state index in [1.165, 1.54) is 12.1 Å². The van der Waals surface area contributed by atoms with Gasteiger partial charge < -0.3 is 9.64 Å². The predicted molar refractivity (Wildman–Crippen MR) is 117 cm³/mol. The molecule has 1 aromatic heterocycles. The van der Waals surface area contributed by atoms with Gasteiger partial charge in [-0.15, -0.1) is 0 Å². The minimum Gasteiger partial charge on any atom is -0.497 e. The molecule has 2 aromatic carbocycles. The minimum absolute atomic E-state index is 0.118. The van der Waals surface area contributed by atoms with Crippen LogP contribution in [0, 0.1) is 5.82 Å². The number of hydrogen-bond donors (Lipinski definition) is 0. The van der Waals surface area contributed by atoms with Gasteiger partial charge in [0.2, 0.25) is 5.91 Å². The normalized spacial score (nSPS) is 16.2. The number of ether oxygens (including phenoxy) is 1. The van der Waals surface area contributed by atoms with Crippen LogP contribution in [-0.2, 0) is 11.2 Å². The number of halogens is 1. The lowest BCUT2D eigenvalue weighted by molar-refractivity contribution is -0.132. The fourth-order valence-corrected chi connectivity index (χ4v) is 4.11. The maximum absolute atomic E-state index is 13.3. The lowest BCUT2D eigenvalue weighted by atomic mass is 9.91. The molecular weight excluding hydrogens is 393 g/mol. The number of likely N-dealkylation sites (tertiary alicyclic amines) is 1. The number of aryl methyl sites for hydroxylation is 1. The zero-order chi connectivity index (χ0) is 21.6. The van der Waals surface area contributed by atoms with Crippen LogP contribution in [-0.4, -0.2) is 41.0 Å². The van der Waals surface area contributed by atoms with Crippen molar-refractivity contribution in [2.75, 3.05) is 20.2 Å². The molecule has 0 aliphatic carbocycles. The van der Waals surface area contributed by atoms with Crippen LogP contribution in [0.3, 0.4) is 0 Å². The molecule has 0 radical (unpaired) electrons. The first-order chi connectivity index (χ1) is 15.1. The number of amides is 1. The first kappa shape index (κ1) is 21.0. The molecule has 0 saturated carbocycles. The number of methoxy groups -OCH3 is 1. The summed E-state index contributed by atoms with van der Waals surface area (Å²) in [6, 6.07) is 14.2. The van der Waals surface area contributed by atoms with Crippen LogP contribution >= 0.6 is 0 Å². The molecule has 1 saturated heterocycles. The van der Waals surface area contributed by atoms with Gasteiger partial charge in [0.15, 0.2) is 0 Å². The van der Waals surface area contributed by atoms with Gasteiger partial charge in [0.1, 0.15) is 11.6 Å². The first-order valence-corrected chi connectivity index (χ1v) is 10.6. The van der Waals surface area contributed by atoms with E-state index in [-0.39, 0.29) is 17.6 Å². The van der Waals surface area contributed by atoms with Gasteiger partial charge >= 0.3 is 0 Å². The van der Waals surface area contributed by atoms with Gasteiger partial charge in [-0.1, -0.05) is 12.1 Å². The molecule has 1 amide bonds. The standard InChI is InChI=1S/C25H26FN3O2/c1-31-22-11-4-18(5-12-22)6-13-23(30)29-16-2-3-20(17-29)25-24(27-14-15-28-25)19-7-9-21(26)10-8-19/h4-5,7-12,14-15,20H,2-3,6,13,16-17H2,1H3. The van der Waals surface area contributed by atoms with Crippen LogP contribution < -0.4 is 4.74 Å². The van der Waals surface area contributed by atoms with Gasteiger partial charge in [-0.2, -0.15) is 0 Å². The molecule has 1 aliphatic heterocycles. The molecule has 5 nitrogen and oxygen atoms in total. The zero-order valence-corrected chi connectivity index (χ0v) is 17.6. The molecule has 4 rings (SSSR count). The zero-order valence-electron chi connectivity index (χ0n) is 17.6. The van der Waals surface area contributed by atoms with Crippen LogP contribution in [0.15, 0.2) is 60.9 Å². The van der Waals surface area contributed by atoms with Crippen LogP contribution in [0.4, 0.5) is 4.39 Å². The van der Waals surface area contributed by atoms with Crippen molar-refractivity contribution in [1.82, 2.24) is 14.9 Å². The molecule has 0 spiro atoms. The number of piperidine rings is 1. The quantitative estimate of drug-likeness (QED) is 0.585. The molecular formula is C25H26FN3O2. The number of aromatic nitrogens is 2. The van der Waals surface area contributed by atoms with Crippen LogP contribution in [0.25, 0.3) is 11.3 Å². The summed E-state index contributed by atoms with van der Waals surface area (Å²) < 4.78 is 18.5. The summed E-state index contributed by atoms with van der Waals surface area (Å²) in [5, 5.41) is 0. The number of benzene rings is 2. The summed E-state index contributed by atoms with van der Waals surface area (Å²) in [6.45, 7) is 1.40. The highest BCUT2D eigenvalue weighted by atomic mass is 19.1. The number of carbonyl (C=O) groups is 1. The highest BCUT2D eigenvalue weighted by Crippen LogP contribution is 2.32. The molecule has 3 aromatic rings. The lowest BCUT2D eigenvalue weighted by Crippen LogP contribution is -2.39.